The summed E-state index contributed by atoms with van der Waals surface area (Å²) < 4.78 is 5.01. The molecule has 0 saturated carbocycles. The maximum Gasteiger partial charge on any atom is 0.306 e. The molecule has 0 radical (unpaired) electrons. The van der Waals surface area contributed by atoms with Crippen molar-refractivity contribution in [2.75, 3.05) is 11.9 Å². The van der Waals surface area contributed by atoms with E-state index in [1.165, 1.54) is 5.56 Å². The smallest absolute Gasteiger partial charge is 0.306 e. The fraction of sp³-hybridized carbons (Fsp3) is 0.412. The van der Waals surface area contributed by atoms with Crippen molar-refractivity contribution in [2.45, 2.75) is 33.1 Å². The molecule has 2 rings (SSSR count). The van der Waals surface area contributed by atoms with Crippen LogP contribution in [0, 0.1) is 19.8 Å². The molecule has 112 valence electrons. The van der Waals surface area contributed by atoms with Crippen molar-refractivity contribution in [3.8, 4) is 0 Å². The fourth-order valence-corrected chi connectivity index (χ4v) is 2.30. The molecule has 1 atom stereocenters. The van der Waals surface area contributed by atoms with E-state index in [9.17, 15) is 9.59 Å². The molecule has 1 amide bonds. The molecule has 21 heavy (non-hydrogen) atoms. The highest BCUT2D eigenvalue weighted by molar-refractivity contribution is 5.92. The number of allylic oxidation sites excluding steroid dienone is 2. The zero-order valence-electron chi connectivity index (χ0n) is 12.5. The molecule has 0 spiro atoms. The molecule has 1 aliphatic rings. The molecule has 0 saturated heterocycles. The minimum atomic E-state index is -0.318. The molecule has 0 aliphatic heterocycles. The van der Waals surface area contributed by atoms with Crippen LogP contribution in [0.4, 0.5) is 5.69 Å². The van der Waals surface area contributed by atoms with Crippen LogP contribution in [-0.4, -0.2) is 18.5 Å². The Balaban J connectivity index is 1.75. The van der Waals surface area contributed by atoms with Crippen LogP contribution in [0.3, 0.4) is 0 Å². The predicted octanol–water partition coefficient (Wildman–Crippen LogP) is 3.14. The molecular formula is C17H21NO3. The molecule has 1 aliphatic carbocycles. The average Bonchev–Trinajstić information content (AvgIpc) is 2.93. The van der Waals surface area contributed by atoms with Gasteiger partial charge in [-0.05, 0) is 55.9 Å². The van der Waals surface area contributed by atoms with Crippen molar-refractivity contribution in [1.29, 1.82) is 0 Å². The molecule has 1 N–H and O–H groups in total. The molecule has 0 aromatic heterocycles. The van der Waals surface area contributed by atoms with Crippen LogP contribution in [0.2, 0.25) is 0 Å². The number of amides is 1. The standard InChI is InChI=1S/C17H21NO3/c1-12-7-8-15(9-13(12)2)18-16(19)11-21-17(20)10-14-5-3-4-6-14/h3,5,7-9,14H,4,6,10-11H2,1-2H3,(H,18,19). The van der Waals surface area contributed by atoms with E-state index in [2.05, 4.69) is 11.4 Å². The first-order valence-electron chi connectivity index (χ1n) is 7.24. The summed E-state index contributed by atoms with van der Waals surface area (Å²) in [6.07, 6.45) is 6.48. The first-order valence-corrected chi connectivity index (χ1v) is 7.24. The number of ether oxygens (including phenoxy) is 1. The number of hydrogen-bond acceptors (Lipinski definition) is 3. The van der Waals surface area contributed by atoms with E-state index in [1.54, 1.807) is 0 Å². The Morgan fingerprint density at radius 2 is 2.10 bits per heavy atom. The van der Waals surface area contributed by atoms with E-state index < -0.39 is 0 Å². The van der Waals surface area contributed by atoms with E-state index >= 15 is 0 Å². The van der Waals surface area contributed by atoms with Gasteiger partial charge < -0.3 is 10.1 Å². The largest absolute Gasteiger partial charge is 0.456 e. The van der Waals surface area contributed by atoms with Gasteiger partial charge in [0, 0.05) is 5.69 Å². The number of hydrogen-bond donors (Lipinski definition) is 1. The lowest BCUT2D eigenvalue weighted by atomic mass is 10.1. The first kappa shape index (κ1) is 15.3. The topological polar surface area (TPSA) is 55.4 Å². The maximum absolute atomic E-state index is 11.7. The van der Waals surface area contributed by atoms with Crippen LogP contribution >= 0.6 is 0 Å². The highest BCUT2D eigenvalue weighted by Gasteiger charge is 2.16. The van der Waals surface area contributed by atoms with Gasteiger partial charge in [0.25, 0.3) is 5.91 Å². The van der Waals surface area contributed by atoms with Crippen LogP contribution in [0.25, 0.3) is 0 Å². The summed E-state index contributed by atoms with van der Waals surface area (Å²) in [6, 6.07) is 5.69. The fourth-order valence-electron chi connectivity index (χ4n) is 2.30. The molecule has 1 unspecified atom stereocenters. The van der Waals surface area contributed by atoms with Crippen molar-refractivity contribution in [3.05, 3.63) is 41.5 Å². The van der Waals surface area contributed by atoms with Crippen molar-refractivity contribution in [2.24, 2.45) is 5.92 Å². The van der Waals surface area contributed by atoms with Crippen LogP contribution < -0.4 is 5.32 Å². The Morgan fingerprint density at radius 3 is 2.76 bits per heavy atom. The van der Waals surface area contributed by atoms with Gasteiger partial charge in [0.05, 0.1) is 6.42 Å². The van der Waals surface area contributed by atoms with E-state index in [0.717, 1.165) is 24.1 Å². The highest BCUT2D eigenvalue weighted by atomic mass is 16.5. The summed E-state index contributed by atoms with van der Waals surface area (Å²) in [6.45, 7) is 3.77. The molecule has 1 aromatic rings. The second-order valence-electron chi connectivity index (χ2n) is 5.48. The maximum atomic E-state index is 11.7. The summed E-state index contributed by atoms with van der Waals surface area (Å²) >= 11 is 0. The lowest BCUT2D eigenvalue weighted by Crippen LogP contribution is -2.21. The van der Waals surface area contributed by atoms with Crippen molar-refractivity contribution < 1.29 is 14.3 Å². The van der Waals surface area contributed by atoms with Gasteiger partial charge in [-0.2, -0.15) is 0 Å². The van der Waals surface area contributed by atoms with E-state index in [1.807, 2.05) is 38.1 Å². The van der Waals surface area contributed by atoms with Crippen molar-refractivity contribution in [3.63, 3.8) is 0 Å². The second kappa shape index (κ2) is 7.07. The number of carbonyl (C=O) groups is 2. The van der Waals surface area contributed by atoms with Gasteiger partial charge in [-0.15, -0.1) is 0 Å². The van der Waals surface area contributed by atoms with Gasteiger partial charge in [-0.25, -0.2) is 0 Å². The summed E-state index contributed by atoms with van der Waals surface area (Å²) in [7, 11) is 0. The van der Waals surface area contributed by atoms with Crippen molar-refractivity contribution in [1.82, 2.24) is 0 Å². The third-order valence-corrected chi connectivity index (χ3v) is 3.70. The number of carbonyl (C=O) groups excluding carboxylic acids is 2. The van der Waals surface area contributed by atoms with Crippen molar-refractivity contribution >= 4 is 17.6 Å². The van der Waals surface area contributed by atoms with Crippen LogP contribution in [0.15, 0.2) is 30.4 Å². The van der Waals surface area contributed by atoms with Gasteiger partial charge in [0.15, 0.2) is 6.61 Å². The quantitative estimate of drug-likeness (QED) is 0.668. The molecule has 0 heterocycles. The molecule has 0 fully saturated rings. The Hall–Kier alpha value is -2.10. The number of anilines is 1. The summed E-state index contributed by atoms with van der Waals surface area (Å²) in [5.41, 5.74) is 3.00. The SMILES string of the molecule is Cc1ccc(NC(=O)COC(=O)CC2C=CCC2)cc1C. The summed E-state index contributed by atoms with van der Waals surface area (Å²) in [4.78, 5) is 23.4. The lowest BCUT2D eigenvalue weighted by Gasteiger charge is -2.09. The van der Waals surface area contributed by atoms with E-state index in [-0.39, 0.29) is 24.4 Å². The van der Waals surface area contributed by atoms with E-state index in [0.29, 0.717) is 6.42 Å². The minimum Gasteiger partial charge on any atom is -0.456 e. The molecule has 4 heteroatoms. The van der Waals surface area contributed by atoms with Crippen LogP contribution in [0.1, 0.15) is 30.4 Å². The molecular weight excluding hydrogens is 266 g/mol. The van der Waals surface area contributed by atoms with Gasteiger partial charge in [0.1, 0.15) is 0 Å². The Morgan fingerprint density at radius 1 is 1.29 bits per heavy atom. The van der Waals surface area contributed by atoms with E-state index in [4.69, 9.17) is 4.74 Å². The zero-order valence-corrected chi connectivity index (χ0v) is 12.5. The zero-order chi connectivity index (χ0) is 15.2. The summed E-state index contributed by atoms with van der Waals surface area (Å²) in [5, 5.41) is 2.73. The molecule has 0 bridgehead atoms. The minimum absolute atomic E-state index is 0.234. The molecule has 4 nitrogen and oxygen atoms in total. The number of nitrogens with one attached hydrogen (secondary N) is 1. The third-order valence-electron chi connectivity index (χ3n) is 3.70. The Bertz CT molecular complexity index is 563. The Labute approximate surface area is 125 Å². The first-order chi connectivity index (χ1) is 10.0. The van der Waals surface area contributed by atoms with Gasteiger partial charge in [-0.1, -0.05) is 18.2 Å². The number of benzene rings is 1. The highest BCUT2D eigenvalue weighted by Crippen LogP contribution is 2.20. The van der Waals surface area contributed by atoms with Crippen LogP contribution in [-0.2, 0) is 14.3 Å². The lowest BCUT2D eigenvalue weighted by molar-refractivity contribution is -0.147. The summed E-state index contributed by atoms with van der Waals surface area (Å²) in [5.74, 6) is -0.365. The monoisotopic (exact) mass is 287 g/mol. The average molecular weight is 287 g/mol. The number of aryl methyl sites for hydroxylation is 2. The number of esters is 1. The third kappa shape index (κ3) is 4.74. The predicted molar refractivity (Wildman–Crippen MR) is 82.0 cm³/mol. The molecule has 1 aromatic carbocycles. The van der Waals surface area contributed by atoms with Crippen LogP contribution in [0.5, 0.6) is 0 Å². The van der Waals surface area contributed by atoms with Gasteiger partial charge in [-0.3, -0.25) is 9.59 Å². The number of rotatable bonds is 5. The second-order valence-corrected chi connectivity index (χ2v) is 5.48. The van der Waals surface area contributed by atoms with Gasteiger partial charge >= 0.3 is 5.97 Å². The van der Waals surface area contributed by atoms with Gasteiger partial charge in [0.2, 0.25) is 0 Å². The Kier molecular flexibility index (Phi) is 5.14. The normalized spacial score (nSPS) is 16.8.